The smallest absolute Gasteiger partial charge is 0.250 e. The van der Waals surface area contributed by atoms with Gasteiger partial charge >= 0.3 is 0 Å². The van der Waals surface area contributed by atoms with E-state index >= 15 is 0 Å². The summed E-state index contributed by atoms with van der Waals surface area (Å²) < 4.78 is 6.91. The van der Waals surface area contributed by atoms with Crippen LogP contribution in [-0.4, -0.2) is 68.9 Å². The molecule has 8 heteroatoms. The minimum absolute atomic E-state index is 0. The predicted molar refractivity (Wildman–Crippen MR) is 128 cm³/mol. The number of methoxy groups -OCH3 is 1. The van der Waals surface area contributed by atoms with Gasteiger partial charge in [0.2, 0.25) is 0 Å². The Morgan fingerprint density at radius 1 is 1.21 bits per heavy atom. The zero-order valence-corrected chi connectivity index (χ0v) is 20.2. The van der Waals surface area contributed by atoms with Crippen LogP contribution in [0.1, 0.15) is 31.9 Å². The van der Waals surface area contributed by atoms with Crippen molar-refractivity contribution in [3.63, 3.8) is 0 Å². The molecule has 0 unspecified atom stereocenters. The molecule has 2 N–H and O–H groups in total. The molecule has 0 saturated heterocycles. The molecule has 0 aliphatic rings. The van der Waals surface area contributed by atoms with E-state index < -0.39 is 0 Å². The first-order valence-electron chi connectivity index (χ1n) is 9.94. The molecule has 1 rings (SSSR count). The highest BCUT2D eigenvalue weighted by atomic mass is 127. The first-order valence-corrected chi connectivity index (χ1v) is 9.94. The molecule has 0 spiro atoms. The van der Waals surface area contributed by atoms with E-state index in [9.17, 15) is 4.79 Å². The number of aromatic nitrogens is 1. The van der Waals surface area contributed by atoms with Crippen LogP contribution >= 0.6 is 24.0 Å². The van der Waals surface area contributed by atoms with E-state index in [4.69, 9.17) is 4.74 Å². The van der Waals surface area contributed by atoms with Crippen LogP contribution in [0.4, 0.5) is 0 Å². The Hall–Kier alpha value is -1.13. The number of aliphatic imine (C=N–C) groups is 1. The topological polar surface area (TPSA) is 70.9 Å². The van der Waals surface area contributed by atoms with Crippen LogP contribution in [0.3, 0.4) is 0 Å². The molecule has 0 aliphatic carbocycles. The summed E-state index contributed by atoms with van der Waals surface area (Å²) in [7, 11) is 3.86. The summed E-state index contributed by atoms with van der Waals surface area (Å²) in [5, 5.41) is 6.66. The number of rotatable bonds is 13. The van der Waals surface area contributed by atoms with Crippen LogP contribution < -0.4 is 16.2 Å². The van der Waals surface area contributed by atoms with Gasteiger partial charge in [-0.2, -0.15) is 0 Å². The molecule has 1 aromatic heterocycles. The van der Waals surface area contributed by atoms with Crippen molar-refractivity contribution in [2.75, 3.05) is 53.5 Å². The average Bonchev–Trinajstić information content (AvgIpc) is 2.63. The van der Waals surface area contributed by atoms with Gasteiger partial charge in [0.1, 0.15) is 0 Å². The number of nitrogens with one attached hydrogen (secondary N) is 2. The second kappa shape index (κ2) is 16.8. The molecular weight excluding hydrogens is 469 g/mol. The molecule has 0 fully saturated rings. The summed E-state index contributed by atoms with van der Waals surface area (Å²) in [5.74, 6) is 0.857. The zero-order chi connectivity index (χ0) is 19.9. The van der Waals surface area contributed by atoms with E-state index in [0.717, 1.165) is 76.8 Å². The van der Waals surface area contributed by atoms with Crippen LogP contribution in [0.15, 0.2) is 28.0 Å². The fraction of sp³-hybridized carbons (Fsp3) is 0.700. The van der Waals surface area contributed by atoms with Gasteiger partial charge < -0.3 is 24.8 Å². The first kappa shape index (κ1) is 26.9. The van der Waals surface area contributed by atoms with Crippen LogP contribution in [-0.2, 0) is 11.3 Å². The molecule has 0 aromatic carbocycles. The lowest BCUT2D eigenvalue weighted by molar-refractivity contribution is 0.180. The summed E-state index contributed by atoms with van der Waals surface area (Å²) in [5.41, 5.74) is 1.08. The molecule has 1 aromatic rings. The number of ether oxygens (including phenoxy) is 1. The normalized spacial score (nSPS) is 11.4. The van der Waals surface area contributed by atoms with Crippen molar-refractivity contribution >= 4 is 29.9 Å². The van der Waals surface area contributed by atoms with Crippen LogP contribution in [0.2, 0.25) is 0 Å². The number of pyridine rings is 1. The van der Waals surface area contributed by atoms with Crippen LogP contribution in [0.25, 0.3) is 0 Å². The Labute approximate surface area is 187 Å². The highest BCUT2D eigenvalue weighted by molar-refractivity contribution is 14.0. The summed E-state index contributed by atoms with van der Waals surface area (Å²) in [6.45, 7) is 10.0. The van der Waals surface area contributed by atoms with E-state index in [-0.39, 0.29) is 29.5 Å². The molecule has 0 atom stereocenters. The van der Waals surface area contributed by atoms with Crippen molar-refractivity contribution in [1.29, 1.82) is 0 Å². The molecule has 0 saturated carbocycles. The standard InChI is InChI=1S/C20H37N5O2.HI/c1-5-21-20(23-13-16-24(3)14-9-17-27-4)22-12-6-7-15-25-18(2)10-8-11-19(25)26;/h8,10-11H,5-7,9,12-17H2,1-4H3,(H2,21,22,23);1H. The van der Waals surface area contributed by atoms with Gasteiger partial charge in [0.25, 0.3) is 5.56 Å². The second-order valence-electron chi connectivity index (χ2n) is 6.70. The Morgan fingerprint density at radius 3 is 2.68 bits per heavy atom. The summed E-state index contributed by atoms with van der Waals surface area (Å²) in [4.78, 5) is 18.8. The van der Waals surface area contributed by atoms with Crippen LogP contribution in [0.5, 0.6) is 0 Å². The predicted octanol–water partition coefficient (Wildman–Crippen LogP) is 2.08. The number of hydrogen-bond acceptors (Lipinski definition) is 4. The summed E-state index contributed by atoms with van der Waals surface area (Å²) in [6.07, 6.45) is 2.94. The summed E-state index contributed by atoms with van der Waals surface area (Å²) >= 11 is 0. The number of hydrogen-bond donors (Lipinski definition) is 2. The van der Waals surface area contributed by atoms with Crippen molar-refractivity contribution in [2.24, 2.45) is 4.99 Å². The third-order valence-electron chi connectivity index (χ3n) is 4.35. The Bertz CT molecular complexity index is 607. The molecule has 28 heavy (non-hydrogen) atoms. The fourth-order valence-corrected chi connectivity index (χ4v) is 2.78. The van der Waals surface area contributed by atoms with Gasteiger partial charge in [-0.1, -0.05) is 6.07 Å². The minimum Gasteiger partial charge on any atom is -0.385 e. The van der Waals surface area contributed by atoms with Crippen molar-refractivity contribution in [3.05, 3.63) is 34.2 Å². The van der Waals surface area contributed by atoms with E-state index in [1.165, 1.54) is 0 Å². The lowest BCUT2D eigenvalue weighted by Crippen LogP contribution is -2.41. The average molecular weight is 507 g/mol. The van der Waals surface area contributed by atoms with Crippen LogP contribution in [0, 0.1) is 6.92 Å². The zero-order valence-electron chi connectivity index (χ0n) is 17.9. The third kappa shape index (κ3) is 11.7. The number of unbranched alkanes of at least 4 members (excludes halogenated alkanes) is 1. The van der Waals surface area contributed by atoms with Gasteiger partial charge in [0.05, 0.1) is 0 Å². The number of aryl methyl sites for hydroxylation is 1. The van der Waals surface area contributed by atoms with Gasteiger partial charge in [-0.25, -0.2) is 0 Å². The minimum atomic E-state index is 0. The first-order chi connectivity index (χ1) is 13.1. The Kier molecular flexibility index (Phi) is 16.1. The molecule has 0 amide bonds. The molecular formula is C20H38IN5O2. The monoisotopic (exact) mass is 507 g/mol. The van der Waals surface area contributed by atoms with Crippen molar-refractivity contribution < 1.29 is 4.74 Å². The van der Waals surface area contributed by atoms with E-state index in [1.807, 2.05) is 23.6 Å². The van der Waals surface area contributed by atoms with Gasteiger partial charge in [0.15, 0.2) is 5.96 Å². The van der Waals surface area contributed by atoms with Gasteiger partial charge in [-0.15, -0.1) is 24.0 Å². The lowest BCUT2D eigenvalue weighted by Gasteiger charge is -2.18. The van der Waals surface area contributed by atoms with Gasteiger partial charge in [-0.05, 0) is 46.2 Å². The van der Waals surface area contributed by atoms with E-state index in [1.54, 1.807) is 13.2 Å². The molecule has 0 radical (unpaired) electrons. The van der Waals surface area contributed by atoms with Gasteiger partial charge in [-0.3, -0.25) is 9.79 Å². The number of likely N-dealkylation sites (N-methyl/N-ethyl adjacent to an activating group) is 1. The number of nitrogens with zero attached hydrogens (tertiary/aromatic N) is 3. The van der Waals surface area contributed by atoms with Crippen molar-refractivity contribution in [3.8, 4) is 0 Å². The van der Waals surface area contributed by atoms with Crippen molar-refractivity contribution in [1.82, 2.24) is 20.1 Å². The quantitative estimate of drug-likeness (QED) is 0.185. The molecule has 1 heterocycles. The molecule has 0 bridgehead atoms. The molecule has 0 aliphatic heterocycles. The maximum absolute atomic E-state index is 11.9. The maximum Gasteiger partial charge on any atom is 0.250 e. The highest BCUT2D eigenvalue weighted by Gasteiger charge is 2.01. The highest BCUT2D eigenvalue weighted by Crippen LogP contribution is 1.98. The SMILES string of the molecule is CCNC(=NCCCCn1c(C)cccc1=O)NCCN(C)CCCOC.I. The second-order valence-corrected chi connectivity index (χ2v) is 6.70. The third-order valence-corrected chi connectivity index (χ3v) is 4.35. The number of guanidine groups is 1. The number of halogens is 1. The summed E-state index contributed by atoms with van der Waals surface area (Å²) in [6, 6.07) is 5.39. The largest absolute Gasteiger partial charge is 0.385 e. The van der Waals surface area contributed by atoms with E-state index in [2.05, 4.69) is 34.5 Å². The lowest BCUT2D eigenvalue weighted by atomic mass is 10.3. The fourth-order valence-electron chi connectivity index (χ4n) is 2.78. The Balaban J connectivity index is 0.00000729. The molecule has 7 nitrogen and oxygen atoms in total. The Morgan fingerprint density at radius 2 is 2.00 bits per heavy atom. The van der Waals surface area contributed by atoms with Crippen molar-refractivity contribution in [2.45, 2.75) is 39.7 Å². The van der Waals surface area contributed by atoms with E-state index in [0.29, 0.717) is 0 Å². The molecule has 162 valence electrons. The maximum atomic E-state index is 11.9. The van der Waals surface area contributed by atoms with Gasteiger partial charge in [0, 0.05) is 64.7 Å².